The second kappa shape index (κ2) is 6.27. The zero-order chi connectivity index (χ0) is 5.54. The van der Waals surface area contributed by atoms with Crippen LogP contribution in [0, 0.1) is 0 Å². The van der Waals surface area contributed by atoms with Gasteiger partial charge in [-0.15, -0.1) is 0 Å². The highest BCUT2D eigenvalue weighted by Crippen LogP contribution is 2.14. The highest BCUT2D eigenvalue weighted by atomic mass is 32.2. The molecule has 1 saturated heterocycles. The molecule has 4 N–H and O–H groups in total. The van der Waals surface area contributed by atoms with Crippen LogP contribution in [0.25, 0.3) is 0 Å². The number of thioether (sulfide) groups is 1. The van der Waals surface area contributed by atoms with Crippen molar-refractivity contribution in [1.82, 2.24) is 0 Å². The number of hydrogen-bond acceptors (Lipinski definition) is 3. The van der Waals surface area contributed by atoms with E-state index in [0.29, 0.717) is 0 Å². The summed E-state index contributed by atoms with van der Waals surface area (Å²) in [4.78, 5) is 0. The zero-order valence-corrected chi connectivity index (χ0v) is 5.21. The molecule has 0 unspecified atom stereocenters. The fraction of sp³-hybridized carbons (Fsp3) is 1.00. The average Bonchev–Trinajstić information content (AvgIpc) is 2.23. The summed E-state index contributed by atoms with van der Waals surface area (Å²) in [5.74, 6) is 10.8. The minimum absolute atomic E-state index is 1.42. The van der Waals surface area contributed by atoms with Crippen LogP contribution in [0.4, 0.5) is 0 Å². The van der Waals surface area contributed by atoms with E-state index in [1.54, 1.807) is 0 Å². The van der Waals surface area contributed by atoms with Crippen LogP contribution in [0.2, 0.25) is 0 Å². The van der Waals surface area contributed by atoms with Crippen molar-refractivity contribution in [2.75, 3.05) is 11.5 Å². The van der Waals surface area contributed by atoms with E-state index in [0.717, 1.165) is 0 Å². The zero-order valence-electron chi connectivity index (χ0n) is 4.39. The molecule has 44 valence electrons. The predicted octanol–water partition coefficient (Wildman–Crippen LogP) is 0.332. The Hall–Kier alpha value is 0.270. The van der Waals surface area contributed by atoms with Gasteiger partial charge >= 0.3 is 0 Å². The van der Waals surface area contributed by atoms with Crippen LogP contribution >= 0.6 is 11.8 Å². The number of rotatable bonds is 0. The summed E-state index contributed by atoms with van der Waals surface area (Å²) in [6, 6.07) is 0. The van der Waals surface area contributed by atoms with Gasteiger partial charge in [0.1, 0.15) is 0 Å². The van der Waals surface area contributed by atoms with Gasteiger partial charge in [0.25, 0.3) is 0 Å². The molecule has 3 heteroatoms. The molecule has 1 heterocycles. The molecule has 1 aliphatic heterocycles. The van der Waals surface area contributed by atoms with Gasteiger partial charge in [0.05, 0.1) is 0 Å². The number of nitrogens with two attached hydrogens (primary N) is 2. The third-order valence-electron chi connectivity index (χ3n) is 0.827. The Labute approximate surface area is 48.6 Å². The van der Waals surface area contributed by atoms with E-state index in [-0.39, 0.29) is 0 Å². The van der Waals surface area contributed by atoms with Gasteiger partial charge in [-0.25, -0.2) is 0 Å². The first-order valence-electron chi connectivity index (χ1n) is 2.41. The van der Waals surface area contributed by atoms with Gasteiger partial charge in [0, 0.05) is 0 Å². The van der Waals surface area contributed by atoms with E-state index in [2.05, 4.69) is 23.4 Å². The largest absolute Gasteiger partial charge is 0.274 e. The summed E-state index contributed by atoms with van der Waals surface area (Å²) in [7, 11) is 0. The van der Waals surface area contributed by atoms with E-state index in [9.17, 15) is 0 Å². The average molecular weight is 120 g/mol. The molecule has 2 nitrogen and oxygen atoms in total. The summed E-state index contributed by atoms with van der Waals surface area (Å²) in [6.45, 7) is 0. The second-order valence-electron chi connectivity index (χ2n) is 1.32. The summed E-state index contributed by atoms with van der Waals surface area (Å²) < 4.78 is 0. The Morgan fingerprint density at radius 2 is 1.43 bits per heavy atom. The van der Waals surface area contributed by atoms with Crippen LogP contribution in [0.3, 0.4) is 0 Å². The van der Waals surface area contributed by atoms with Gasteiger partial charge in [-0.2, -0.15) is 11.8 Å². The van der Waals surface area contributed by atoms with Crippen molar-refractivity contribution in [2.24, 2.45) is 11.7 Å². The molecule has 0 aliphatic carbocycles. The molecular weight excluding hydrogens is 108 g/mol. The van der Waals surface area contributed by atoms with Crippen LogP contribution < -0.4 is 11.7 Å². The van der Waals surface area contributed by atoms with Crippen LogP contribution in [-0.2, 0) is 0 Å². The first kappa shape index (κ1) is 7.27. The predicted molar refractivity (Wildman–Crippen MR) is 34.9 cm³/mol. The lowest BCUT2D eigenvalue weighted by molar-refractivity contribution is 0.949. The molecule has 0 amide bonds. The lowest BCUT2D eigenvalue weighted by Crippen LogP contribution is -2.02. The number of hydrazine groups is 1. The molecule has 0 bridgehead atoms. The third kappa shape index (κ3) is 4.12. The van der Waals surface area contributed by atoms with Crippen molar-refractivity contribution in [3.8, 4) is 0 Å². The monoisotopic (exact) mass is 120 g/mol. The molecule has 7 heavy (non-hydrogen) atoms. The van der Waals surface area contributed by atoms with Gasteiger partial charge in [-0.05, 0) is 24.3 Å². The molecule has 1 rings (SSSR count). The quantitative estimate of drug-likeness (QED) is 0.358. The van der Waals surface area contributed by atoms with Crippen LogP contribution in [0.1, 0.15) is 12.8 Å². The molecule has 1 fully saturated rings. The van der Waals surface area contributed by atoms with E-state index >= 15 is 0 Å². The highest BCUT2D eigenvalue weighted by molar-refractivity contribution is 7.99. The second-order valence-corrected chi connectivity index (χ2v) is 2.54. The summed E-state index contributed by atoms with van der Waals surface area (Å²) in [5.41, 5.74) is 0. The van der Waals surface area contributed by atoms with Crippen molar-refractivity contribution >= 4 is 11.8 Å². The number of hydrogen-bond donors (Lipinski definition) is 2. The Morgan fingerprint density at radius 1 is 1.00 bits per heavy atom. The Morgan fingerprint density at radius 3 is 1.57 bits per heavy atom. The van der Waals surface area contributed by atoms with Crippen molar-refractivity contribution in [1.29, 1.82) is 0 Å². The molecular formula is C4H12N2S. The van der Waals surface area contributed by atoms with E-state index in [4.69, 9.17) is 0 Å². The highest BCUT2D eigenvalue weighted by Gasteiger charge is 1.95. The summed E-state index contributed by atoms with van der Waals surface area (Å²) in [5, 5.41) is 0. The molecule has 0 spiro atoms. The maximum absolute atomic E-state index is 4.00. The van der Waals surface area contributed by atoms with Crippen LogP contribution in [0.5, 0.6) is 0 Å². The summed E-state index contributed by atoms with van der Waals surface area (Å²) in [6.07, 6.45) is 2.93. The maximum Gasteiger partial charge on any atom is -0.00672 e. The van der Waals surface area contributed by atoms with Crippen molar-refractivity contribution in [2.45, 2.75) is 12.8 Å². The van der Waals surface area contributed by atoms with Gasteiger partial charge in [-0.1, -0.05) is 0 Å². The third-order valence-corrected chi connectivity index (χ3v) is 1.98. The van der Waals surface area contributed by atoms with E-state index < -0.39 is 0 Å². The van der Waals surface area contributed by atoms with Crippen LogP contribution in [-0.4, -0.2) is 11.5 Å². The fourth-order valence-corrected chi connectivity index (χ4v) is 1.53. The lowest BCUT2D eigenvalue weighted by Gasteiger charge is -1.69. The fourth-order valence-electron chi connectivity index (χ4n) is 0.510. The van der Waals surface area contributed by atoms with Crippen molar-refractivity contribution in [3.05, 3.63) is 0 Å². The molecule has 0 saturated carbocycles. The molecule has 0 atom stereocenters. The minimum atomic E-state index is 1.42. The van der Waals surface area contributed by atoms with Gasteiger partial charge in [0.15, 0.2) is 0 Å². The Kier molecular flexibility index (Phi) is 6.51. The Balaban J connectivity index is 0.000000162. The minimum Gasteiger partial charge on any atom is -0.274 e. The molecule has 0 aromatic rings. The van der Waals surface area contributed by atoms with E-state index in [1.807, 2.05) is 0 Å². The maximum atomic E-state index is 4.00. The normalized spacial score (nSPS) is 18.0. The van der Waals surface area contributed by atoms with Crippen LogP contribution in [0.15, 0.2) is 0 Å². The van der Waals surface area contributed by atoms with Crippen molar-refractivity contribution < 1.29 is 0 Å². The van der Waals surface area contributed by atoms with Gasteiger partial charge < -0.3 is 0 Å². The van der Waals surface area contributed by atoms with E-state index in [1.165, 1.54) is 24.3 Å². The topological polar surface area (TPSA) is 52.0 Å². The summed E-state index contributed by atoms with van der Waals surface area (Å²) >= 11 is 2.07. The standard InChI is InChI=1S/C4H8S.H4N2/c1-2-4-5-3-1;1-2/h1-4H2;1-2H2. The Bertz CT molecular complexity index is 21.3. The van der Waals surface area contributed by atoms with Crippen molar-refractivity contribution in [3.63, 3.8) is 0 Å². The van der Waals surface area contributed by atoms with Gasteiger partial charge in [-0.3, -0.25) is 11.7 Å². The first-order chi connectivity index (χ1) is 3.50. The smallest absolute Gasteiger partial charge is 0.00672 e. The molecule has 0 radical (unpaired) electrons. The van der Waals surface area contributed by atoms with Gasteiger partial charge in [0.2, 0.25) is 0 Å². The SMILES string of the molecule is C1CCSC1.NN. The molecule has 0 aromatic heterocycles. The molecule has 1 aliphatic rings. The lowest BCUT2D eigenvalue weighted by atomic mass is 10.4. The molecule has 0 aromatic carbocycles. The first-order valence-corrected chi connectivity index (χ1v) is 3.57.